The lowest BCUT2D eigenvalue weighted by molar-refractivity contribution is -0.123. The van der Waals surface area contributed by atoms with Gasteiger partial charge >= 0.3 is 0 Å². The van der Waals surface area contributed by atoms with Gasteiger partial charge < -0.3 is 14.8 Å². The van der Waals surface area contributed by atoms with Gasteiger partial charge in [-0.1, -0.05) is 53.7 Å². The molecular formula is C28H24ClN3O5S2. The third-order valence-corrected chi connectivity index (χ3v) is 7.25. The van der Waals surface area contributed by atoms with Gasteiger partial charge in [-0.05, 0) is 79.2 Å². The molecule has 0 aliphatic carbocycles. The van der Waals surface area contributed by atoms with Crippen LogP contribution in [0.5, 0.6) is 11.5 Å². The monoisotopic (exact) mass is 581 g/mol. The number of ether oxygens (including phenoxy) is 2. The number of nitrogens with one attached hydrogen (secondary N) is 2. The highest BCUT2D eigenvalue weighted by Gasteiger charge is 2.34. The van der Waals surface area contributed by atoms with Crippen LogP contribution in [0.2, 0.25) is 5.02 Å². The number of hydrazine groups is 1. The topological polar surface area (TPSA) is 97.0 Å². The fraction of sp³-hybridized carbons (Fsp3) is 0.143. The van der Waals surface area contributed by atoms with E-state index in [1.807, 2.05) is 38.1 Å². The van der Waals surface area contributed by atoms with Crippen LogP contribution in [0.25, 0.3) is 6.08 Å². The van der Waals surface area contributed by atoms with E-state index in [4.69, 9.17) is 33.3 Å². The molecule has 1 heterocycles. The summed E-state index contributed by atoms with van der Waals surface area (Å²) in [7, 11) is 1.48. The summed E-state index contributed by atoms with van der Waals surface area (Å²) in [5.41, 5.74) is 5.95. The highest BCUT2D eigenvalue weighted by Crippen LogP contribution is 2.34. The summed E-state index contributed by atoms with van der Waals surface area (Å²) >= 11 is 12.5. The van der Waals surface area contributed by atoms with E-state index >= 15 is 0 Å². The van der Waals surface area contributed by atoms with Crippen molar-refractivity contribution in [2.45, 2.75) is 13.8 Å². The molecule has 0 bridgehead atoms. The molecule has 0 unspecified atom stereocenters. The number of carbonyl (C=O) groups is 3. The number of para-hydroxylation sites is 1. The zero-order valence-corrected chi connectivity index (χ0v) is 23.6. The van der Waals surface area contributed by atoms with E-state index in [2.05, 4.69) is 10.7 Å². The molecule has 0 spiro atoms. The van der Waals surface area contributed by atoms with Crippen molar-refractivity contribution in [1.29, 1.82) is 0 Å². The van der Waals surface area contributed by atoms with Crippen molar-refractivity contribution < 1.29 is 23.9 Å². The fourth-order valence-corrected chi connectivity index (χ4v) is 5.12. The average Bonchev–Trinajstić information content (AvgIpc) is 3.16. The summed E-state index contributed by atoms with van der Waals surface area (Å²) in [6.07, 6.45) is 1.63. The number of thioether (sulfide) groups is 1. The Hall–Kier alpha value is -3.86. The molecule has 39 heavy (non-hydrogen) atoms. The first-order valence-corrected chi connectivity index (χ1v) is 13.3. The second kappa shape index (κ2) is 12.3. The Balaban J connectivity index is 1.42. The zero-order valence-electron chi connectivity index (χ0n) is 21.2. The molecule has 3 aromatic rings. The highest BCUT2D eigenvalue weighted by atomic mass is 35.5. The van der Waals surface area contributed by atoms with Crippen LogP contribution in [0.4, 0.5) is 5.69 Å². The van der Waals surface area contributed by atoms with Crippen LogP contribution in [-0.2, 0) is 9.59 Å². The summed E-state index contributed by atoms with van der Waals surface area (Å²) < 4.78 is 11.3. The lowest BCUT2D eigenvalue weighted by Crippen LogP contribution is -2.44. The zero-order chi connectivity index (χ0) is 28.1. The van der Waals surface area contributed by atoms with E-state index in [9.17, 15) is 14.4 Å². The number of benzene rings is 3. The maximum absolute atomic E-state index is 13.0. The summed E-state index contributed by atoms with van der Waals surface area (Å²) in [6, 6.07) is 17.5. The summed E-state index contributed by atoms with van der Waals surface area (Å²) in [5.74, 6) is -0.594. The van der Waals surface area contributed by atoms with Crippen molar-refractivity contribution in [3.63, 3.8) is 0 Å². The molecule has 8 nitrogen and oxygen atoms in total. The maximum Gasteiger partial charge on any atom is 0.285 e. The van der Waals surface area contributed by atoms with Gasteiger partial charge in [0.15, 0.2) is 22.4 Å². The van der Waals surface area contributed by atoms with Gasteiger partial charge in [-0.15, -0.1) is 0 Å². The van der Waals surface area contributed by atoms with E-state index in [-0.39, 0.29) is 27.4 Å². The Bertz CT molecular complexity index is 1510. The number of carbonyl (C=O) groups excluding carboxylic acids is 3. The van der Waals surface area contributed by atoms with Gasteiger partial charge in [-0.2, -0.15) is 5.01 Å². The maximum atomic E-state index is 13.0. The number of halogens is 1. The molecule has 11 heteroatoms. The van der Waals surface area contributed by atoms with Crippen LogP contribution in [0.1, 0.15) is 27.0 Å². The number of thiocarbonyl (C=S) groups is 1. The number of amides is 3. The number of hydrogen-bond donors (Lipinski definition) is 2. The van der Waals surface area contributed by atoms with E-state index in [0.717, 1.165) is 27.9 Å². The second-order valence-corrected chi connectivity index (χ2v) is 10.6. The van der Waals surface area contributed by atoms with Crippen LogP contribution >= 0.6 is 35.6 Å². The quantitative estimate of drug-likeness (QED) is 0.267. The molecule has 1 aliphatic heterocycles. The average molecular weight is 582 g/mol. The summed E-state index contributed by atoms with van der Waals surface area (Å²) in [5, 5.41) is 4.11. The molecule has 2 N–H and O–H groups in total. The summed E-state index contributed by atoms with van der Waals surface area (Å²) in [6.45, 7) is 3.55. The second-order valence-electron chi connectivity index (χ2n) is 8.50. The number of aryl methyl sites for hydroxylation is 2. The Morgan fingerprint density at radius 2 is 1.85 bits per heavy atom. The van der Waals surface area contributed by atoms with Crippen LogP contribution in [-0.4, -0.2) is 40.8 Å². The van der Waals surface area contributed by atoms with Crippen LogP contribution in [0, 0.1) is 13.8 Å². The minimum Gasteiger partial charge on any atom is -0.493 e. The molecule has 3 aromatic carbocycles. The van der Waals surface area contributed by atoms with Gasteiger partial charge in [0.25, 0.3) is 17.7 Å². The third kappa shape index (κ3) is 6.78. The predicted molar refractivity (Wildman–Crippen MR) is 157 cm³/mol. The number of nitrogens with zero attached hydrogens (tertiary/aromatic N) is 1. The Labute approximate surface area is 240 Å². The standard InChI is InChI=1S/C28H24ClN3O5S2/c1-16-8-10-19(20(29)12-16)26(34)31-32-27(35)24(39-28(32)38)14-18-9-11-22(23(13-18)36-3)37-15-25(33)30-21-7-5-4-6-17(21)2/h4-14H,15H2,1-3H3,(H,30,33)(H,31,34)/b24-14-. The van der Waals surface area contributed by atoms with Gasteiger partial charge in [-0.3, -0.25) is 19.8 Å². The van der Waals surface area contributed by atoms with Crippen molar-refractivity contribution in [2.75, 3.05) is 19.0 Å². The first-order valence-electron chi connectivity index (χ1n) is 11.7. The van der Waals surface area contributed by atoms with Crippen molar-refractivity contribution in [1.82, 2.24) is 10.4 Å². The predicted octanol–water partition coefficient (Wildman–Crippen LogP) is 5.53. The molecule has 0 saturated carbocycles. The van der Waals surface area contributed by atoms with Crippen LogP contribution in [0.15, 0.2) is 65.6 Å². The smallest absolute Gasteiger partial charge is 0.285 e. The Morgan fingerprint density at radius 3 is 2.56 bits per heavy atom. The van der Waals surface area contributed by atoms with Gasteiger partial charge in [0.05, 0.1) is 22.6 Å². The third-order valence-electron chi connectivity index (χ3n) is 5.64. The molecule has 0 aromatic heterocycles. The molecule has 4 rings (SSSR count). The lowest BCUT2D eigenvalue weighted by atomic mass is 10.1. The molecule has 1 aliphatic rings. The van der Waals surface area contributed by atoms with Gasteiger partial charge in [0.2, 0.25) is 0 Å². The Morgan fingerprint density at radius 1 is 1.08 bits per heavy atom. The van der Waals surface area contributed by atoms with Crippen molar-refractivity contribution >= 4 is 69.4 Å². The molecule has 0 radical (unpaired) electrons. The molecule has 1 fully saturated rings. The van der Waals surface area contributed by atoms with E-state index < -0.39 is 11.8 Å². The van der Waals surface area contributed by atoms with Gasteiger partial charge in [0, 0.05) is 5.69 Å². The number of methoxy groups -OCH3 is 1. The SMILES string of the molecule is COc1cc(/C=C2\SC(=S)N(NC(=O)c3ccc(C)cc3Cl)C2=O)ccc1OCC(=O)Nc1ccccc1C. The van der Waals surface area contributed by atoms with Crippen LogP contribution < -0.4 is 20.2 Å². The molecule has 200 valence electrons. The minimum atomic E-state index is -0.549. The number of anilines is 1. The van der Waals surface area contributed by atoms with Crippen molar-refractivity contribution in [3.05, 3.63) is 92.8 Å². The van der Waals surface area contributed by atoms with Gasteiger partial charge in [0.1, 0.15) is 0 Å². The summed E-state index contributed by atoms with van der Waals surface area (Å²) in [4.78, 5) is 38.4. The van der Waals surface area contributed by atoms with E-state index in [1.54, 1.807) is 42.5 Å². The first-order chi connectivity index (χ1) is 18.7. The van der Waals surface area contributed by atoms with E-state index in [1.165, 1.54) is 7.11 Å². The Kier molecular flexibility index (Phi) is 8.90. The first kappa shape index (κ1) is 28.2. The fourth-order valence-electron chi connectivity index (χ4n) is 3.62. The molecular weight excluding hydrogens is 558 g/mol. The number of rotatable bonds is 8. The van der Waals surface area contributed by atoms with Crippen molar-refractivity contribution in [3.8, 4) is 11.5 Å². The largest absolute Gasteiger partial charge is 0.493 e. The van der Waals surface area contributed by atoms with Crippen molar-refractivity contribution in [2.24, 2.45) is 0 Å². The lowest BCUT2D eigenvalue weighted by Gasteiger charge is -2.16. The molecule has 0 atom stereocenters. The van der Waals surface area contributed by atoms with Gasteiger partial charge in [-0.25, -0.2) is 0 Å². The van der Waals surface area contributed by atoms with E-state index in [0.29, 0.717) is 27.7 Å². The minimum absolute atomic E-state index is 0.175. The highest BCUT2D eigenvalue weighted by molar-refractivity contribution is 8.26. The molecule has 3 amide bonds. The normalized spacial score (nSPS) is 13.9. The number of hydrogen-bond acceptors (Lipinski definition) is 7. The molecule has 1 saturated heterocycles. The van der Waals surface area contributed by atoms with Crippen LogP contribution in [0.3, 0.4) is 0 Å².